The molecule has 0 aliphatic rings. The van der Waals surface area contributed by atoms with Crippen molar-refractivity contribution in [3.63, 3.8) is 0 Å². The van der Waals surface area contributed by atoms with Gasteiger partial charge in [0.1, 0.15) is 0 Å². The van der Waals surface area contributed by atoms with E-state index in [-0.39, 0.29) is 0 Å². The lowest BCUT2D eigenvalue weighted by molar-refractivity contribution is 0.0397. The molecule has 0 spiro atoms. The molecule has 0 saturated heterocycles. The Hall–Kier alpha value is -0.610. The Morgan fingerprint density at radius 2 is 1.94 bits per heavy atom. The molecule has 4 heteroatoms. The molecule has 0 bridgehead atoms. The highest BCUT2D eigenvalue weighted by Gasteiger charge is 2.01. The number of unbranched alkanes of at least 4 members (excludes halogenated alkanes) is 1. The topological polar surface area (TPSA) is 44.5 Å². The molecule has 0 fully saturated rings. The largest absolute Gasteiger partial charge is 0.379 e. The van der Waals surface area contributed by atoms with Crippen molar-refractivity contribution >= 4 is 11.6 Å². The summed E-state index contributed by atoms with van der Waals surface area (Å²) in [7, 11) is 0. The Kier molecular flexibility index (Phi) is 8.01. The first kappa shape index (κ1) is 15.4. The predicted molar refractivity (Wildman–Crippen MR) is 74.7 cm³/mol. The number of ether oxygens (including phenoxy) is 2. The minimum Gasteiger partial charge on any atom is -0.379 e. The molecule has 0 aliphatic carbocycles. The van der Waals surface area contributed by atoms with Gasteiger partial charge in [0.15, 0.2) is 0 Å². The Labute approximate surface area is 114 Å². The molecule has 0 aliphatic heterocycles. The summed E-state index contributed by atoms with van der Waals surface area (Å²) in [5.41, 5.74) is 7.56. The van der Waals surface area contributed by atoms with E-state index >= 15 is 0 Å². The van der Waals surface area contributed by atoms with Crippen molar-refractivity contribution in [3.05, 3.63) is 34.3 Å². The molecule has 0 radical (unpaired) electrons. The summed E-state index contributed by atoms with van der Waals surface area (Å²) in [4.78, 5) is 0. The van der Waals surface area contributed by atoms with Crippen LogP contribution in [0.3, 0.4) is 0 Å². The van der Waals surface area contributed by atoms with Gasteiger partial charge in [0.2, 0.25) is 0 Å². The molecule has 18 heavy (non-hydrogen) atoms. The third kappa shape index (κ3) is 5.83. The number of hydrogen-bond donors (Lipinski definition) is 1. The Balaban J connectivity index is 2.19. The number of benzene rings is 1. The van der Waals surface area contributed by atoms with E-state index in [9.17, 15) is 0 Å². The fourth-order valence-electron chi connectivity index (χ4n) is 1.48. The van der Waals surface area contributed by atoms with Gasteiger partial charge in [0, 0.05) is 18.2 Å². The highest BCUT2D eigenvalue weighted by molar-refractivity contribution is 6.31. The van der Waals surface area contributed by atoms with Crippen molar-refractivity contribution in [1.29, 1.82) is 0 Å². The van der Waals surface area contributed by atoms with E-state index < -0.39 is 0 Å². The molecular weight excluding hydrogens is 250 g/mol. The first-order chi connectivity index (χ1) is 8.77. The SMILES string of the molecule is CCCCOCCOCc1ccc(CN)cc1Cl. The van der Waals surface area contributed by atoms with Gasteiger partial charge in [0.25, 0.3) is 0 Å². The van der Waals surface area contributed by atoms with E-state index in [0.29, 0.717) is 31.4 Å². The zero-order valence-electron chi connectivity index (χ0n) is 11.0. The van der Waals surface area contributed by atoms with Crippen LogP contribution in [0.2, 0.25) is 5.02 Å². The van der Waals surface area contributed by atoms with E-state index in [1.807, 2.05) is 18.2 Å². The fraction of sp³-hybridized carbons (Fsp3) is 0.571. The van der Waals surface area contributed by atoms with Crippen LogP contribution < -0.4 is 5.73 Å². The summed E-state index contributed by atoms with van der Waals surface area (Å²) in [6.45, 7) is 5.21. The summed E-state index contributed by atoms with van der Waals surface area (Å²) in [5, 5.41) is 0.713. The zero-order chi connectivity index (χ0) is 13.2. The monoisotopic (exact) mass is 271 g/mol. The lowest BCUT2D eigenvalue weighted by Gasteiger charge is -2.08. The van der Waals surface area contributed by atoms with Crippen molar-refractivity contribution in [2.45, 2.75) is 32.9 Å². The van der Waals surface area contributed by atoms with Gasteiger partial charge in [-0.2, -0.15) is 0 Å². The maximum Gasteiger partial charge on any atom is 0.0732 e. The minimum absolute atomic E-state index is 0.506. The first-order valence-corrected chi connectivity index (χ1v) is 6.78. The molecule has 1 rings (SSSR count). The van der Waals surface area contributed by atoms with Gasteiger partial charge in [-0.25, -0.2) is 0 Å². The molecule has 0 atom stereocenters. The molecule has 102 valence electrons. The van der Waals surface area contributed by atoms with E-state index in [0.717, 1.165) is 30.6 Å². The maximum atomic E-state index is 6.12. The smallest absolute Gasteiger partial charge is 0.0732 e. The summed E-state index contributed by atoms with van der Waals surface area (Å²) in [6, 6.07) is 5.82. The molecule has 0 aromatic heterocycles. The van der Waals surface area contributed by atoms with E-state index in [1.54, 1.807) is 0 Å². The second-order valence-electron chi connectivity index (χ2n) is 4.15. The molecule has 0 heterocycles. The number of halogens is 1. The van der Waals surface area contributed by atoms with Crippen LogP contribution in [0, 0.1) is 0 Å². The van der Waals surface area contributed by atoms with Crippen LogP contribution in [0.5, 0.6) is 0 Å². The van der Waals surface area contributed by atoms with Gasteiger partial charge in [-0.1, -0.05) is 37.1 Å². The van der Waals surface area contributed by atoms with Crippen molar-refractivity contribution in [3.8, 4) is 0 Å². The standard InChI is InChI=1S/C14H22ClNO2/c1-2-3-6-17-7-8-18-11-13-5-4-12(10-16)9-14(13)15/h4-5,9H,2-3,6-8,10-11,16H2,1H3. The van der Waals surface area contributed by atoms with Gasteiger partial charge in [-0.3, -0.25) is 0 Å². The molecule has 1 aromatic carbocycles. The molecular formula is C14H22ClNO2. The zero-order valence-corrected chi connectivity index (χ0v) is 11.7. The highest BCUT2D eigenvalue weighted by Crippen LogP contribution is 2.18. The maximum absolute atomic E-state index is 6.12. The molecule has 2 N–H and O–H groups in total. The second-order valence-corrected chi connectivity index (χ2v) is 4.56. The molecule has 0 unspecified atom stereocenters. The van der Waals surface area contributed by atoms with Crippen molar-refractivity contribution in [2.75, 3.05) is 19.8 Å². The average molecular weight is 272 g/mol. The van der Waals surface area contributed by atoms with Crippen molar-refractivity contribution in [1.82, 2.24) is 0 Å². The minimum atomic E-state index is 0.506. The van der Waals surface area contributed by atoms with Crippen LogP contribution in [0.25, 0.3) is 0 Å². The third-order valence-corrected chi connectivity index (χ3v) is 2.98. The van der Waals surface area contributed by atoms with Crippen LogP contribution in [0.4, 0.5) is 0 Å². The molecule has 0 amide bonds. The van der Waals surface area contributed by atoms with Gasteiger partial charge >= 0.3 is 0 Å². The second kappa shape index (κ2) is 9.34. The van der Waals surface area contributed by atoms with Gasteiger partial charge in [-0.05, 0) is 23.6 Å². The molecule has 1 aromatic rings. The van der Waals surface area contributed by atoms with Crippen LogP contribution in [0.1, 0.15) is 30.9 Å². The predicted octanol–water partition coefficient (Wildman–Crippen LogP) is 3.13. The fourth-order valence-corrected chi connectivity index (χ4v) is 1.74. The Morgan fingerprint density at radius 3 is 2.61 bits per heavy atom. The van der Waals surface area contributed by atoms with Crippen LogP contribution in [-0.2, 0) is 22.6 Å². The summed E-state index contributed by atoms with van der Waals surface area (Å²) >= 11 is 6.12. The lowest BCUT2D eigenvalue weighted by Crippen LogP contribution is -2.05. The van der Waals surface area contributed by atoms with Gasteiger partial charge < -0.3 is 15.2 Å². The lowest BCUT2D eigenvalue weighted by atomic mass is 10.1. The van der Waals surface area contributed by atoms with Crippen molar-refractivity contribution < 1.29 is 9.47 Å². The van der Waals surface area contributed by atoms with E-state index in [4.69, 9.17) is 26.8 Å². The van der Waals surface area contributed by atoms with E-state index in [1.165, 1.54) is 0 Å². The normalized spacial score (nSPS) is 10.8. The third-order valence-electron chi connectivity index (χ3n) is 2.62. The van der Waals surface area contributed by atoms with Crippen LogP contribution in [0.15, 0.2) is 18.2 Å². The van der Waals surface area contributed by atoms with Crippen molar-refractivity contribution in [2.24, 2.45) is 5.73 Å². The van der Waals surface area contributed by atoms with Crippen LogP contribution >= 0.6 is 11.6 Å². The number of rotatable bonds is 9. The average Bonchev–Trinajstić information content (AvgIpc) is 2.39. The molecule has 0 saturated carbocycles. The summed E-state index contributed by atoms with van der Waals surface area (Å²) in [5.74, 6) is 0. The van der Waals surface area contributed by atoms with Gasteiger partial charge in [-0.15, -0.1) is 0 Å². The van der Waals surface area contributed by atoms with Gasteiger partial charge in [0.05, 0.1) is 19.8 Å². The number of hydrogen-bond acceptors (Lipinski definition) is 3. The Bertz CT molecular complexity index is 345. The Morgan fingerprint density at radius 1 is 1.17 bits per heavy atom. The van der Waals surface area contributed by atoms with Crippen LogP contribution in [-0.4, -0.2) is 19.8 Å². The number of nitrogens with two attached hydrogens (primary N) is 1. The summed E-state index contributed by atoms with van der Waals surface area (Å²) < 4.78 is 10.9. The first-order valence-electron chi connectivity index (χ1n) is 6.40. The van der Waals surface area contributed by atoms with E-state index in [2.05, 4.69) is 6.92 Å². The quantitative estimate of drug-likeness (QED) is 0.702. The summed E-state index contributed by atoms with van der Waals surface area (Å²) in [6.07, 6.45) is 2.26. The highest BCUT2D eigenvalue weighted by atomic mass is 35.5. The molecule has 3 nitrogen and oxygen atoms in total.